The zero-order chi connectivity index (χ0) is 16.1. The number of hydrogen-bond donors (Lipinski definition) is 1. The van der Waals surface area contributed by atoms with Gasteiger partial charge in [0, 0.05) is 0 Å². The molecule has 0 atom stereocenters. The van der Waals surface area contributed by atoms with E-state index in [1.807, 2.05) is 61.5 Å². The van der Waals surface area contributed by atoms with E-state index in [4.69, 9.17) is 10.00 Å². The summed E-state index contributed by atoms with van der Waals surface area (Å²) in [6.07, 6.45) is 0. The third kappa shape index (κ3) is 3.65. The van der Waals surface area contributed by atoms with Crippen molar-refractivity contribution in [1.29, 1.82) is 5.26 Å². The molecule has 3 rings (SSSR count). The van der Waals surface area contributed by atoms with E-state index in [1.165, 1.54) is 0 Å². The van der Waals surface area contributed by atoms with Gasteiger partial charge in [-0.25, -0.2) is 4.98 Å². The zero-order valence-corrected chi connectivity index (χ0v) is 13.3. The number of benzene rings is 2. The van der Waals surface area contributed by atoms with Crippen LogP contribution < -0.4 is 10.2 Å². The van der Waals surface area contributed by atoms with E-state index in [1.54, 1.807) is 11.3 Å². The summed E-state index contributed by atoms with van der Waals surface area (Å²) in [5.74, 6) is 0.669. The van der Waals surface area contributed by atoms with E-state index in [0.29, 0.717) is 5.75 Å². The third-order valence-electron chi connectivity index (χ3n) is 3.19. The predicted octanol–water partition coefficient (Wildman–Crippen LogP) is 4.03. The summed E-state index contributed by atoms with van der Waals surface area (Å²) in [5.41, 5.74) is 5.79. The van der Waals surface area contributed by atoms with Crippen LogP contribution in [0, 0.1) is 11.3 Å². The molecule has 114 valence electrons. The number of hydrogen-bond acceptors (Lipinski definition) is 6. The van der Waals surface area contributed by atoms with Crippen LogP contribution in [-0.4, -0.2) is 17.3 Å². The highest BCUT2D eigenvalue weighted by molar-refractivity contribution is 7.22. The molecule has 5 nitrogen and oxygen atoms in total. The quantitative estimate of drug-likeness (QED) is 0.568. The summed E-state index contributed by atoms with van der Waals surface area (Å²) in [4.78, 5) is 4.48. The fourth-order valence-electron chi connectivity index (χ4n) is 2.02. The first-order valence-electron chi connectivity index (χ1n) is 7.02. The lowest BCUT2D eigenvalue weighted by molar-refractivity contribution is 0.368. The Kier molecular flexibility index (Phi) is 4.50. The first-order valence-corrected chi connectivity index (χ1v) is 7.84. The Morgan fingerprint density at radius 3 is 2.78 bits per heavy atom. The van der Waals surface area contributed by atoms with Crippen molar-refractivity contribution >= 4 is 32.4 Å². The van der Waals surface area contributed by atoms with E-state index in [-0.39, 0.29) is 6.61 Å². The van der Waals surface area contributed by atoms with Crippen LogP contribution in [0.5, 0.6) is 5.75 Å². The van der Waals surface area contributed by atoms with E-state index in [2.05, 4.69) is 15.5 Å². The minimum atomic E-state index is 0.0472. The first-order chi connectivity index (χ1) is 11.3. The molecule has 6 heteroatoms. The van der Waals surface area contributed by atoms with Gasteiger partial charge in [0.15, 0.2) is 6.61 Å². The summed E-state index contributed by atoms with van der Waals surface area (Å²) in [6.45, 7) is 1.97. The molecule has 0 amide bonds. The molecule has 0 fully saturated rings. The number of anilines is 1. The average Bonchev–Trinajstić information content (AvgIpc) is 3.01. The van der Waals surface area contributed by atoms with Gasteiger partial charge >= 0.3 is 0 Å². The van der Waals surface area contributed by atoms with E-state index < -0.39 is 0 Å². The summed E-state index contributed by atoms with van der Waals surface area (Å²) in [7, 11) is 0. The van der Waals surface area contributed by atoms with Gasteiger partial charge in [-0.3, -0.25) is 5.43 Å². The lowest BCUT2D eigenvalue weighted by Gasteiger charge is -2.04. The van der Waals surface area contributed by atoms with Gasteiger partial charge < -0.3 is 4.74 Å². The molecule has 0 unspecified atom stereocenters. The topological polar surface area (TPSA) is 70.3 Å². The molecule has 0 aliphatic heterocycles. The number of hydrazone groups is 1. The standard InChI is InChI=1S/C17H14N4OS/c1-12(13-6-8-14(9-7-13)22-11-10-18)20-21-17-19-15-4-2-3-5-16(15)23-17/h2-9H,11H2,1H3,(H,19,21)/b20-12-. The molecule has 0 aliphatic carbocycles. The number of ether oxygens (including phenoxy) is 1. The summed E-state index contributed by atoms with van der Waals surface area (Å²) in [6, 6.07) is 17.4. The highest BCUT2D eigenvalue weighted by atomic mass is 32.1. The molecule has 0 spiro atoms. The molecule has 23 heavy (non-hydrogen) atoms. The number of nitrogens with zero attached hydrogens (tertiary/aromatic N) is 3. The Hall–Kier alpha value is -2.91. The molecule has 0 bridgehead atoms. The van der Waals surface area contributed by atoms with Gasteiger partial charge in [0.05, 0.1) is 15.9 Å². The van der Waals surface area contributed by atoms with E-state index in [0.717, 1.165) is 26.6 Å². The highest BCUT2D eigenvalue weighted by Crippen LogP contribution is 2.25. The van der Waals surface area contributed by atoms with Crippen LogP contribution in [-0.2, 0) is 0 Å². The van der Waals surface area contributed by atoms with Crippen LogP contribution in [0.4, 0.5) is 5.13 Å². The second kappa shape index (κ2) is 6.90. The molecule has 0 aliphatic rings. The van der Waals surface area contributed by atoms with Crippen molar-refractivity contribution in [2.75, 3.05) is 12.0 Å². The highest BCUT2D eigenvalue weighted by Gasteiger charge is 2.03. The molecular formula is C17H14N4OS. The Labute approximate surface area is 137 Å². The molecule has 3 aromatic rings. The monoisotopic (exact) mass is 322 g/mol. The van der Waals surface area contributed by atoms with Crippen molar-refractivity contribution in [1.82, 2.24) is 4.98 Å². The summed E-state index contributed by atoms with van der Waals surface area (Å²) >= 11 is 1.57. The van der Waals surface area contributed by atoms with Crippen LogP contribution in [0.3, 0.4) is 0 Å². The van der Waals surface area contributed by atoms with Crippen molar-refractivity contribution in [3.05, 3.63) is 54.1 Å². The maximum atomic E-state index is 8.49. The number of nitriles is 1. The van der Waals surface area contributed by atoms with Crippen LogP contribution in [0.1, 0.15) is 12.5 Å². The van der Waals surface area contributed by atoms with Crippen LogP contribution >= 0.6 is 11.3 Å². The molecular weight excluding hydrogens is 308 g/mol. The van der Waals surface area contributed by atoms with Gasteiger partial charge in [0.25, 0.3) is 0 Å². The van der Waals surface area contributed by atoms with Crippen LogP contribution in [0.25, 0.3) is 10.2 Å². The minimum Gasteiger partial charge on any atom is -0.479 e. The maximum Gasteiger partial charge on any atom is 0.204 e. The van der Waals surface area contributed by atoms with Crippen LogP contribution in [0.2, 0.25) is 0 Å². The normalized spacial score (nSPS) is 11.2. The largest absolute Gasteiger partial charge is 0.479 e. The Morgan fingerprint density at radius 1 is 1.26 bits per heavy atom. The lowest BCUT2D eigenvalue weighted by Crippen LogP contribution is -2.00. The Morgan fingerprint density at radius 2 is 2.04 bits per heavy atom. The molecule has 1 aromatic heterocycles. The van der Waals surface area contributed by atoms with Crippen LogP contribution in [0.15, 0.2) is 53.6 Å². The second-order valence-corrected chi connectivity index (χ2v) is 5.80. The number of thiazole rings is 1. The number of para-hydroxylation sites is 1. The molecule has 0 saturated carbocycles. The van der Waals surface area contributed by atoms with Crippen molar-refractivity contribution in [3.8, 4) is 11.8 Å². The second-order valence-electron chi connectivity index (χ2n) is 4.77. The smallest absolute Gasteiger partial charge is 0.204 e. The van der Waals surface area contributed by atoms with Gasteiger partial charge in [-0.15, -0.1) is 0 Å². The van der Waals surface area contributed by atoms with Gasteiger partial charge in [0.2, 0.25) is 5.13 Å². The number of fused-ring (bicyclic) bond motifs is 1. The molecule has 2 aromatic carbocycles. The Bertz CT molecular complexity index is 844. The molecule has 1 heterocycles. The predicted molar refractivity (Wildman–Crippen MR) is 93.0 cm³/mol. The molecule has 0 radical (unpaired) electrons. The molecule has 1 N–H and O–H groups in total. The minimum absolute atomic E-state index is 0.0472. The fourth-order valence-corrected chi connectivity index (χ4v) is 2.83. The number of nitrogens with one attached hydrogen (secondary N) is 1. The lowest BCUT2D eigenvalue weighted by atomic mass is 10.1. The average molecular weight is 322 g/mol. The van der Waals surface area contributed by atoms with Crippen molar-refractivity contribution in [2.24, 2.45) is 5.10 Å². The van der Waals surface area contributed by atoms with E-state index in [9.17, 15) is 0 Å². The molecule has 0 saturated heterocycles. The number of aromatic nitrogens is 1. The fraction of sp³-hybridized carbons (Fsp3) is 0.118. The summed E-state index contributed by atoms with van der Waals surface area (Å²) in [5, 5.41) is 13.6. The Balaban J connectivity index is 1.70. The first kappa shape index (κ1) is 15.0. The SMILES string of the molecule is C/C(=N/Nc1nc2ccccc2s1)c1ccc(OCC#N)cc1. The van der Waals surface area contributed by atoms with Crippen molar-refractivity contribution in [3.63, 3.8) is 0 Å². The van der Waals surface area contributed by atoms with Gasteiger partial charge in [-0.2, -0.15) is 10.4 Å². The van der Waals surface area contributed by atoms with Crippen molar-refractivity contribution in [2.45, 2.75) is 6.92 Å². The van der Waals surface area contributed by atoms with Gasteiger partial charge in [0.1, 0.15) is 11.8 Å². The van der Waals surface area contributed by atoms with Gasteiger partial charge in [-0.05, 0) is 48.9 Å². The summed E-state index contributed by atoms with van der Waals surface area (Å²) < 4.78 is 6.35. The van der Waals surface area contributed by atoms with Crippen molar-refractivity contribution < 1.29 is 4.74 Å². The van der Waals surface area contributed by atoms with Gasteiger partial charge in [-0.1, -0.05) is 23.5 Å². The third-order valence-corrected chi connectivity index (χ3v) is 4.13. The van der Waals surface area contributed by atoms with E-state index >= 15 is 0 Å². The number of rotatable bonds is 5. The zero-order valence-electron chi connectivity index (χ0n) is 12.5. The maximum absolute atomic E-state index is 8.49.